The van der Waals surface area contributed by atoms with Gasteiger partial charge in [0.25, 0.3) is 0 Å². The molecule has 1 saturated heterocycles. The molecule has 4 rings (SSSR count). The summed E-state index contributed by atoms with van der Waals surface area (Å²) in [5, 5.41) is 3.22. The lowest BCUT2D eigenvalue weighted by Crippen LogP contribution is -2.50. The smallest absolute Gasteiger partial charge is 0.220 e. The van der Waals surface area contributed by atoms with Crippen LogP contribution in [-0.4, -0.2) is 64.7 Å². The molecule has 36 heavy (non-hydrogen) atoms. The largest absolute Gasteiger partial charge is 0.497 e. The van der Waals surface area contributed by atoms with Crippen molar-refractivity contribution in [2.75, 3.05) is 63.7 Å². The number of carbonyl (C=O) groups excluding carboxylic acids is 1. The molecule has 1 amide bonds. The third kappa shape index (κ3) is 6.79. The van der Waals surface area contributed by atoms with Gasteiger partial charge in [0, 0.05) is 64.6 Å². The summed E-state index contributed by atoms with van der Waals surface area (Å²) in [5.41, 5.74) is 4.83. The van der Waals surface area contributed by atoms with E-state index in [1.54, 1.807) is 7.11 Å². The van der Waals surface area contributed by atoms with Crippen LogP contribution < -0.4 is 19.9 Å². The number of aryl methyl sites for hydroxylation is 1. The Bertz CT molecular complexity index is 1080. The van der Waals surface area contributed by atoms with Crippen LogP contribution in [0.3, 0.4) is 0 Å². The lowest BCUT2D eigenvalue weighted by Gasteiger charge is -2.40. The van der Waals surface area contributed by atoms with Crippen molar-refractivity contribution in [3.63, 3.8) is 0 Å². The monoisotopic (exact) mass is 486 g/mol. The van der Waals surface area contributed by atoms with Crippen LogP contribution in [0.25, 0.3) is 0 Å². The van der Waals surface area contributed by atoms with Crippen molar-refractivity contribution in [3.05, 3.63) is 90.0 Å². The molecule has 1 aliphatic heterocycles. The Hall–Kier alpha value is -3.51. The summed E-state index contributed by atoms with van der Waals surface area (Å²) >= 11 is 0. The lowest BCUT2D eigenvalue weighted by atomic mass is 10.0. The number of piperazine rings is 1. The van der Waals surface area contributed by atoms with Crippen molar-refractivity contribution in [1.82, 2.24) is 10.2 Å². The Morgan fingerprint density at radius 2 is 1.58 bits per heavy atom. The van der Waals surface area contributed by atoms with E-state index in [-0.39, 0.29) is 11.9 Å². The summed E-state index contributed by atoms with van der Waals surface area (Å²) in [5.74, 6) is 0.919. The van der Waals surface area contributed by atoms with Crippen LogP contribution in [-0.2, 0) is 11.2 Å². The molecule has 3 aromatic carbocycles. The van der Waals surface area contributed by atoms with E-state index in [0.29, 0.717) is 19.4 Å². The summed E-state index contributed by atoms with van der Waals surface area (Å²) in [6.07, 6.45) is 1.19. The molecule has 0 aliphatic carbocycles. The van der Waals surface area contributed by atoms with Crippen LogP contribution in [0.2, 0.25) is 0 Å². The molecule has 1 N–H and O–H groups in total. The highest BCUT2D eigenvalue weighted by Gasteiger charge is 2.26. The second kappa shape index (κ2) is 12.5. The molecule has 1 heterocycles. The molecule has 1 aliphatic rings. The van der Waals surface area contributed by atoms with Crippen molar-refractivity contribution in [3.8, 4) is 5.75 Å². The zero-order valence-corrected chi connectivity index (χ0v) is 21.7. The number of amides is 1. The van der Waals surface area contributed by atoms with Crippen LogP contribution in [0.15, 0.2) is 78.9 Å². The normalized spacial score (nSPS) is 14.8. The third-order valence-electron chi connectivity index (χ3n) is 6.96. The van der Waals surface area contributed by atoms with Gasteiger partial charge >= 0.3 is 0 Å². The molecule has 6 nitrogen and oxygen atoms in total. The van der Waals surface area contributed by atoms with Crippen molar-refractivity contribution in [1.29, 1.82) is 0 Å². The summed E-state index contributed by atoms with van der Waals surface area (Å²) in [4.78, 5) is 19.8. The Morgan fingerprint density at radius 1 is 0.917 bits per heavy atom. The van der Waals surface area contributed by atoms with E-state index in [2.05, 4.69) is 88.7 Å². The van der Waals surface area contributed by atoms with Gasteiger partial charge in [-0.1, -0.05) is 42.5 Å². The average Bonchev–Trinajstić information content (AvgIpc) is 2.93. The van der Waals surface area contributed by atoms with E-state index in [1.807, 2.05) is 24.3 Å². The maximum absolute atomic E-state index is 12.8. The molecule has 190 valence electrons. The molecule has 6 heteroatoms. The third-order valence-corrected chi connectivity index (χ3v) is 6.96. The molecule has 0 bridgehead atoms. The highest BCUT2D eigenvalue weighted by molar-refractivity contribution is 5.76. The van der Waals surface area contributed by atoms with Crippen molar-refractivity contribution in [2.45, 2.75) is 18.9 Å². The van der Waals surface area contributed by atoms with E-state index in [0.717, 1.165) is 37.5 Å². The van der Waals surface area contributed by atoms with E-state index in [9.17, 15) is 4.79 Å². The molecule has 0 spiro atoms. The zero-order valence-electron chi connectivity index (χ0n) is 21.7. The predicted molar refractivity (Wildman–Crippen MR) is 148 cm³/mol. The Kier molecular flexibility index (Phi) is 8.85. The van der Waals surface area contributed by atoms with Gasteiger partial charge in [0.05, 0.1) is 13.2 Å². The first-order valence-electron chi connectivity index (χ1n) is 12.7. The second-order valence-electron chi connectivity index (χ2n) is 9.51. The van der Waals surface area contributed by atoms with Crippen LogP contribution in [0, 0.1) is 0 Å². The fourth-order valence-electron chi connectivity index (χ4n) is 4.73. The summed E-state index contributed by atoms with van der Waals surface area (Å²) in [6.45, 7) is 4.46. The van der Waals surface area contributed by atoms with Crippen LogP contribution in [0.4, 0.5) is 11.4 Å². The number of methoxy groups -OCH3 is 1. The molecular formula is C30H38N4O2. The molecular weight excluding hydrogens is 448 g/mol. The number of carbonyl (C=O) groups is 1. The van der Waals surface area contributed by atoms with Gasteiger partial charge in [-0.15, -0.1) is 0 Å². The highest BCUT2D eigenvalue weighted by atomic mass is 16.5. The standard InChI is InChI=1S/C30H38N4O2/c1-32(2)26-14-12-25(13-15-26)29(34-21-19-33(20-22-34)27-7-5-4-6-8-27)23-31-30(35)18-11-24-9-16-28(36-3)17-10-24/h4-10,12-17,29H,11,18-23H2,1-3H3,(H,31,35). The first kappa shape index (κ1) is 25.6. The minimum Gasteiger partial charge on any atom is -0.497 e. The fraction of sp³-hybridized carbons (Fsp3) is 0.367. The molecule has 0 aromatic heterocycles. The molecule has 0 saturated carbocycles. The Morgan fingerprint density at radius 3 is 2.19 bits per heavy atom. The molecule has 1 fully saturated rings. The zero-order chi connectivity index (χ0) is 25.3. The minimum absolute atomic E-state index is 0.0867. The number of rotatable bonds is 10. The maximum atomic E-state index is 12.8. The number of benzene rings is 3. The Balaban J connectivity index is 1.38. The number of hydrogen-bond acceptors (Lipinski definition) is 5. The SMILES string of the molecule is COc1ccc(CCC(=O)NCC(c2ccc(N(C)C)cc2)N2CCN(c3ccccc3)CC2)cc1. The molecule has 3 aromatic rings. The first-order chi connectivity index (χ1) is 17.5. The van der Waals surface area contributed by atoms with Gasteiger partial charge < -0.3 is 19.9 Å². The van der Waals surface area contributed by atoms with Gasteiger partial charge in [-0.05, 0) is 53.9 Å². The number of nitrogens with zero attached hydrogens (tertiary/aromatic N) is 3. The summed E-state index contributed by atoms with van der Waals surface area (Å²) in [7, 11) is 5.77. The van der Waals surface area contributed by atoms with Crippen LogP contribution >= 0.6 is 0 Å². The number of hydrogen-bond donors (Lipinski definition) is 1. The van der Waals surface area contributed by atoms with Crippen molar-refractivity contribution >= 4 is 17.3 Å². The van der Waals surface area contributed by atoms with E-state index in [4.69, 9.17) is 4.74 Å². The van der Waals surface area contributed by atoms with Gasteiger partial charge in [0.15, 0.2) is 0 Å². The number of para-hydroxylation sites is 1. The quantitative estimate of drug-likeness (QED) is 0.461. The van der Waals surface area contributed by atoms with Crippen molar-refractivity contribution < 1.29 is 9.53 Å². The lowest BCUT2D eigenvalue weighted by molar-refractivity contribution is -0.121. The topological polar surface area (TPSA) is 48.1 Å². The molecule has 1 atom stereocenters. The van der Waals surface area contributed by atoms with Gasteiger partial charge in [-0.25, -0.2) is 0 Å². The van der Waals surface area contributed by atoms with Crippen LogP contribution in [0.1, 0.15) is 23.6 Å². The van der Waals surface area contributed by atoms with Crippen LogP contribution in [0.5, 0.6) is 5.75 Å². The predicted octanol–water partition coefficient (Wildman–Crippen LogP) is 4.37. The van der Waals surface area contributed by atoms with Crippen molar-refractivity contribution in [2.24, 2.45) is 0 Å². The number of ether oxygens (including phenoxy) is 1. The molecule has 0 radical (unpaired) electrons. The van der Waals surface area contributed by atoms with Gasteiger partial charge in [0.1, 0.15) is 5.75 Å². The van der Waals surface area contributed by atoms with E-state index < -0.39 is 0 Å². The minimum atomic E-state index is 0.0867. The number of anilines is 2. The highest BCUT2D eigenvalue weighted by Crippen LogP contribution is 2.26. The van der Waals surface area contributed by atoms with E-state index in [1.165, 1.54) is 16.9 Å². The Labute approximate surface area is 215 Å². The maximum Gasteiger partial charge on any atom is 0.220 e. The average molecular weight is 487 g/mol. The number of nitrogens with one attached hydrogen (secondary N) is 1. The first-order valence-corrected chi connectivity index (χ1v) is 12.7. The van der Waals surface area contributed by atoms with Gasteiger partial charge in [-0.3, -0.25) is 9.69 Å². The second-order valence-corrected chi connectivity index (χ2v) is 9.51. The summed E-state index contributed by atoms with van der Waals surface area (Å²) in [6, 6.07) is 27.4. The summed E-state index contributed by atoms with van der Waals surface area (Å²) < 4.78 is 5.22. The van der Waals surface area contributed by atoms with Gasteiger partial charge in [-0.2, -0.15) is 0 Å². The molecule has 1 unspecified atom stereocenters. The van der Waals surface area contributed by atoms with Gasteiger partial charge in [0.2, 0.25) is 5.91 Å². The van der Waals surface area contributed by atoms with E-state index >= 15 is 0 Å². The fourth-order valence-corrected chi connectivity index (χ4v) is 4.73.